The van der Waals surface area contributed by atoms with E-state index in [0.717, 1.165) is 51.3 Å². The van der Waals surface area contributed by atoms with Gasteiger partial charge in [0.25, 0.3) is 0 Å². The van der Waals surface area contributed by atoms with Gasteiger partial charge in [-0.15, -0.1) is 0 Å². The fraction of sp³-hybridized carbons (Fsp3) is 0.579. The maximum absolute atomic E-state index is 12.6. The molecule has 6 heteroatoms. The zero-order valence-electron chi connectivity index (χ0n) is 14.5. The summed E-state index contributed by atoms with van der Waals surface area (Å²) in [5.41, 5.74) is 0.632. The third-order valence-electron chi connectivity index (χ3n) is 4.84. The highest BCUT2D eigenvalue weighted by Crippen LogP contribution is 2.19. The van der Waals surface area contributed by atoms with E-state index in [4.69, 9.17) is 14.7 Å². The molecule has 1 atom stereocenters. The lowest BCUT2D eigenvalue weighted by Gasteiger charge is -2.36. The largest absolute Gasteiger partial charge is 0.492 e. The van der Waals surface area contributed by atoms with Gasteiger partial charge in [-0.25, -0.2) is 0 Å². The zero-order chi connectivity index (χ0) is 17.5. The van der Waals surface area contributed by atoms with Crippen LogP contribution in [0.2, 0.25) is 0 Å². The number of morpholine rings is 1. The molecule has 0 aliphatic carbocycles. The molecular formula is C19H25N3O3. The Balaban J connectivity index is 1.43. The van der Waals surface area contributed by atoms with Crippen molar-refractivity contribution in [1.82, 2.24) is 9.80 Å². The maximum Gasteiger partial charge on any atom is 0.227 e. The third-order valence-corrected chi connectivity index (χ3v) is 4.84. The van der Waals surface area contributed by atoms with Crippen LogP contribution in [-0.2, 0) is 9.53 Å². The van der Waals surface area contributed by atoms with E-state index in [2.05, 4.69) is 11.0 Å². The summed E-state index contributed by atoms with van der Waals surface area (Å²) in [5, 5.41) is 8.80. The molecule has 0 N–H and O–H groups in total. The maximum atomic E-state index is 12.6. The highest BCUT2D eigenvalue weighted by atomic mass is 16.5. The number of piperidine rings is 1. The van der Waals surface area contributed by atoms with Crippen LogP contribution in [0.15, 0.2) is 24.3 Å². The fourth-order valence-corrected chi connectivity index (χ4v) is 3.42. The zero-order valence-corrected chi connectivity index (χ0v) is 14.5. The molecule has 3 rings (SSSR count). The summed E-state index contributed by atoms with van der Waals surface area (Å²) in [6.45, 7) is 5.98. The Morgan fingerprint density at radius 2 is 2.00 bits per heavy atom. The predicted molar refractivity (Wildman–Crippen MR) is 93.2 cm³/mol. The van der Waals surface area contributed by atoms with Crippen molar-refractivity contribution in [3.05, 3.63) is 29.8 Å². The average Bonchev–Trinajstić information content (AvgIpc) is 2.69. The third kappa shape index (κ3) is 4.94. The number of likely N-dealkylation sites (tertiary alicyclic amines) is 1. The van der Waals surface area contributed by atoms with Crippen LogP contribution in [0.4, 0.5) is 0 Å². The molecule has 2 aliphatic heterocycles. The number of hydrogen-bond donors (Lipinski definition) is 0. The number of carbonyl (C=O) groups is 1. The number of rotatable bonds is 5. The van der Waals surface area contributed by atoms with Gasteiger partial charge in [-0.3, -0.25) is 9.69 Å². The Bertz CT molecular complexity index is 605. The van der Waals surface area contributed by atoms with Gasteiger partial charge < -0.3 is 14.4 Å². The first-order valence-corrected chi connectivity index (χ1v) is 8.98. The van der Waals surface area contributed by atoms with Gasteiger partial charge in [0.2, 0.25) is 5.91 Å². The molecule has 1 aromatic carbocycles. The molecule has 25 heavy (non-hydrogen) atoms. The summed E-state index contributed by atoms with van der Waals surface area (Å²) in [6, 6.07) is 9.25. The molecule has 134 valence electrons. The minimum absolute atomic E-state index is 0.0989. The number of ether oxygens (including phenoxy) is 2. The normalized spacial score (nSPS) is 21.6. The highest BCUT2D eigenvalue weighted by Gasteiger charge is 2.29. The van der Waals surface area contributed by atoms with Crippen molar-refractivity contribution in [2.45, 2.75) is 12.8 Å². The van der Waals surface area contributed by atoms with E-state index in [9.17, 15) is 4.79 Å². The van der Waals surface area contributed by atoms with Crippen LogP contribution in [0, 0.1) is 17.2 Å². The molecule has 0 saturated carbocycles. The van der Waals surface area contributed by atoms with E-state index < -0.39 is 0 Å². The first-order valence-electron chi connectivity index (χ1n) is 8.98. The van der Waals surface area contributed by atoms with Gasteiger partial charge in [0.05, 0.1) is 30.8 Å². The number of benzene rings is 1. The van der Waals surface area contributed by atoms with Gasteiger partial charge in [0.1, 0.15) is 12.4 Å². The minimum Gasteiger partial charge on any atom is -0.492 e. The summed E-state index contributed by atoms with van der Waals surface area (Å²) < 4.78 is 11.1. The number of amides is 1. The first-order chi connectivity index (χ1) is 12.3. The van der Waals surface area contributed by atoms with E-state index >= 15 is 0 Å². The predicted octanol–water partition coefficient (Wildman–Crippen LogP) is 1.51. The summed E-state index contributed by atoms with van der Waals surface area (Å²) in [6.07, 6.45) is 2.03. The Kier molecular flexibility index (Phi) is 6.26. The van der Waals surface area contributed by atoms with E-state index in [1.165, 1.54) is 0 Å². The first kappa shape index (κ1) is 17.7. The van der Waals surface area contributed by atoms with Gasteiger partial charge >= 0.3 is 0 Å². The van der Waals surface area contributed by atoms with E-state index in [1.54, 1.807) is 12.1 Å². The fourth-order valence-electron chi connectivity index (χ4n) is 3.42. The van der Waals surface area contributed by atoms with Gasteiger partial charge in [0, 0.05) is 26.2 Å². The lowest BCUT2D eigenvalue weighted by Crippen LogP contribution is -2.48. The summed E-state index contributed by atoms with van der Waals surface area (Å²) in [7, 11) is 0. The summed E-state index contributed by atoms with van der Waals surface area (Å²) >= 11 is 0. The van der Waals surface area contributed by atoms with Gasteiger partial charge in [-0.1, -0.05) is 0 Å². The molecule has 0 spiro atoms. The van der Waals surface area contributed by atoms with Crippen LogP contribution in [0.3, 0.4) is 0 Å². The molecule has 6 nitrogen and oxygen atoms in total. The molecule has 2 heterocycles. The molecule has 0 bridgehead atoms. The standard InChI is InChI=1S/C19H25N3O3/c20-14-16-3-5-18(6-4-16)25-13-8-21-7-1-2-17(15-21)19(23)22-9-11-24-12-10-22/h3-6,17H,1-2,7-13,15H2. The molecule has 0 radical (unpaired) electrons. The van der Waals surface area contributed by atoms with Crippen molar-refractivity contribution in [2.24, 2.45) is 5.92 Å². The van der Waals surface area contributed by atoms with E-state index in [0.29, 0.717) is 25.4 Å². The van der Waals surface area contributed by atoms with E-state index in [-0.39, 0.29) is 11.8 Å². The molecule has 1 unspecified atom stereocenters. The van der Waals surface area contributed by atoms with Gasteiger partial charge in [0.15, 0.2) is 0 Å². The lowest BCUT2D eigenvalue weighted by molar-refractivity contribution is -0.141. The second-order valence-electron chi connectivity index (χ2n) is 6.56. The Hall–Kier alpha value is -2.10. The van der Waals surface area contributed by atoms with Crippen molar-refractivity contribution in [1.29, 1.82) is 5.26 Å². The van der Waals surface area contributed by atoms with Gasteiger partial charge in [-0.2, -0.15) is 5.26 Å². The lowest BCUT2D eigenvalue weighted by atomic mass is 9.96. The molecule has 2 aliphatic rings. The smallest absolute Gasteiger partial charge is 0.227 e. The van der Waals surface area contributed by atoms with Crippen LogP contribution >= 0.6 is 0 Å². The molecule has 0 aromatic heterocycles. The Morgan fingerprint density at radius 1 is 1.24 bits per heavy atom. The SMILES string of the molecule is N#Cc1ccc(OCCN2CCCC(C(=O)N3CCOCC3)C2)cc1. The molecule has 1 amide bonds. The van der Waals surface area contributed by atoms with Crippen LogP contribution < -0.4 is 4.74 Å². The average molecular weight is 343 g/mol. The summed E-state index contributed by atoms with van der Waals surface area (Å²) in [4.78, 5) is 16.9. The number of carbonyl (C=O) groups excluding carboxylic acids is 1. The van der Waals surface area contributed by atoms with E-state index in [1.807, 2.05) is 17.0 Å². The second kappa shape index (κ2) is 8.84. The quantitative estimate of drug-likeness (QED) is 0.811. The molecule has 2 fully saturated rings. The van der Waals surface area contributed by atoms with Crippen LogP contribution in [0.1, 0.15) is 18.4 Å². The van der Waals surface area contributed by atoms with Crippen LogP contribution in [0.5, 0.6) is 5.75 Å². The monoisotopic (exact) mass is 343 g/mol. The van der Waals surface area contributed by atoms with Crippen LogP contribution in [0.25, 0.3) is 0 Å². The Morgan fingerprint density at radius 3 is 2.72 bits per heavy atom. The number of nitriles is 1. The Labute approximate surface area is 148 Å². The summed E-state index contributed by atoms with van der Waals surface area (Å²) in [5.74, 6) is 1.15. The highest BCUT2D eigenvalue weighted by molar-refractivity contribution is 5.79. The van der Waals surface area contributed by atoms with Crippen molar-refractivity contribution in [3.63, 3.8) is 0 Å². The van der Waals surface area contributed by atoms with Crippen molar-refractivity contribution >= 4 is 5.91 Å². The molecule has 2 saturated heterocycles. The van der Waals surface area contributed by atoms with Crippen molar-refractivity contribution in [3.8, 4) is 11.8 Å². The van der Waals surface area contributed by atoms with Crippen LogP contribution in [-0.4, -0.2) is 68.3 Å². The minimum atomic E-state index is 0.0989. The van der Waals surface area contributed by atoms with Crippen molar-refractivity contribution in [2.75, 3.05) is 52.5 Å². The molecule has 1 aromatic rings. The van der Waals surface area contributed by atoms with Crippen molar-refractivity contribution < 1.29 is 14.3 Å². The van der Waals surface area contributed by atoms with Gasteiger partial charge in [-0.05, 0) is 43.7 Å². The topological polar surface area (TPSA) is 65.8 Å². The molecular weight excluding hydrogens is 318 g/mol. The second-order valence-corrected chi connectivity index (χ2v) is 6.56. The number of nitrogens with zero attached hydrogens (tertiary/aromatic N) is 3. The number of hydrogen-bond acceptors (Lipinski definition) is 5.